The van der Waals surface area contributed by atoms with Gasteiger partial charge in [0.1, 0.15) is 0 Å². The molecule has 0 aromatic heterocycles. The van der Waals surface area contributed by atoms with E-state index in [9.17, 15) is 8.42 Å². The van der Waals surface area contributed by atoms with Crippen molar-refractivity contribution in [3.05, 3.63) is 28.2 Å². The van der Waals surface area contributed by atoms with Crippen LogP contribution >= 0.6 is 27.5 Å². The Kier molecular flexibility index (Phi) is 5.01. The number of alkyl halides is 1. The smallest absolute Gasteiger partial charge is 0.207 e. The first-order valence-corrected chi connectivity index (χ1v) is 7.90. The van der Waals surface area contributed by atoms with Crippen LogP contribution in [0.25, 0.3) is 0 Å². The molecule has 0 aliphatic carbocycles. The van der Waals surface area contributed by atoms with Gasteiger partial charge in [-0.3, -0.25) is 0 Å². The molecule has 6 heteroatoms. The first-order valence-electron chi connectivity index (χ1n) is 5.13. The molecule has 0 atom stereocenters. The van der Waals surface area contributed by atoms with Crippen molar-refractivity contribution in [2.24, 2.45) is 0 Å². The standard InChI is InChI=1S/C11H15BrClNO2S/c1-8(2)14(3)17(15,16)11-6-9(7-13)4-5-10(11)12/h4-6,8H,7H2,1-3H3. The van der Waals surface area contributed by atoms with Crippen molar-refractivity contribution in [2.45, 2.75) is 30.7 Å². The number of hydrogen-bond acceptors (Lipinski definition) is 2. The molecule has 0 fully saturated rings. The molecule has 0 unspecified atom stereocenters. The Morgan fingerprint density at radius 1 is 1.41 bits per heavy atom. The van der Waals surface area contributed by atoms with E-state index in [0.717, 1.165) is 5.56 Å². The summed E-state index contributed by atoms with van der Waals surface area (Å²) < 4.78 is 26.5. The molecule has 0 bridgehead atoms. The second-order valence-electron chi connectivity index (χ2n) is 4.01. The molecule has 3 nitrogen and oxygen atoms in total. The topological polar surface area (TPSA) is 37.4 Å². The average molecular weight is 341 g/mol. The van der Waals surface area contributed by atoms with Gasteiger partial charge in [-0.15, -0.1) is 11.6 Å². The lowest BCUT2D eigenvalue weighted by Gasteiger charge is -2.21. The van der Waals surface area contributed by atoms with Crippen molar-refractivity contribution in [2.75, 3.05) is 7.05 Å². The lowest BCUT2D eigenvalue weighted by atomic mass is 10.2. The van der Waals surface area contributed by atoms with E-state index in [2.05, 4.69) is 15.9 Å². The van der Waals surface area contributed by atoms with Gasteiger partial charge in [0.25, 0.3) is 0 Å². The van der Waals surface area contributed by atoms with Crippen LogP contribution < -0.4 is 0 Å². The molecule has 0 N–H and O–H groups in total. The highest BCUT2D eigenvalue weighted by atomic mass is 79.9. The van der Waals surface area contributed by atoms with Crippen LogP contribution in [0, 0.1) is 0 Å². The predicted octanol–water partition coefficient (Wildman–Crippen LogP) is 3.22. The number of sulfonamides is 1. The van der Waals surface area contributed by atoms with E-state index in [1.807, 2.05) is 13.8 Å². The van der Waals surface area contributed by atoms with E-state index in [4.69, 9.17) is 11.6 Å². The highest BCUT2D eigenvalue weighted by Gasteiger charge is 2.25. The van der Waals surface area contributed by atoms with Gasteiger partial charge in [0.15, 0.2) is 0 Å². The second kappa shape index (κ2) is 5.69. The van der Waals surface area contributed by atoms with E-state index in [1.165, 1.54) is 4.31 Å². The fraction of sp³-hybridized carbons (Fsp3) is 0.455. The lowest BCUT2D eigenvalue weighted by Crippen LogP contribution is -2.33. The van der Waals surface area contributed by atoms with Crippen molar-refractivity contribution in [1.82, 2.24) is 4.31 Å². The van der Waals surface area contributed by atoms with Gasteiger partial charge in [0, 0.05) is 23.4 Å². The van der Waals surface area contributed by atoms with Crippen molar-refractivity contribution in [3.8, 4) is 0 Å². The largest absolute Gasteiger partial charge is 0.244 e. The quantitative estimate of drug-likeness (QED) is 0.789. The summed E-state index contributed by atoms with van der Waals surface area (Å²) in [6.07, 6.45) is 0. The number of nitrogens with zero attached hydrogens (tertiary/aromatic N) is 1. The third-order valence-corrected chi connectivity index (χ3v) is 5.87. The minimum absolute atomic E-state index is 0.0912. The molecule has 1 aromatic rings. The summed E-state index contributed by atoms with van der Waals surface area (Å²) in [4.78, 5) is 0.256. The minimum Gasteiger partial charge on any atom is -0.207 e. The van der Waals surface area contributed by atoms with Crippen LogP contribution in [-0.4, -0.2) is 25.8 Å². The Morgan fingerprint density at radius 3 is 2.47 bits per heavy atom. The zero-order valence-electron chi connectivity index (χ0n) is 9.94. The average Bonchev–Trinajstić information content (AvgIpc) is 2.28. The van der Waals surface area contributed by atoms with Gasteiger partial charge in [-0.25, -0.2) is 8.42 Å². The summed E-state index contributed by atoms with van der Waals surface area (Å²) in [5.41, 5.74) is 0.783. The van der Waals surface area contributed by atoms with Crippen molar-refractivity contribution >= 4 is 37.6 Å². The van der Waals surface area contributed by atoms with Crippen LogP contribution in [-0.2, 0) is 15.9 Å². The van der Waals surface area contributed by atoms with Gasteiger partial charge in [0.05, 0.1) is 4.90 Å². The lowest BCUT2D eigenvalue weighted by molar-refractivity contribution is 0.410. The fourth-order valence-electron chi connectivity index (χ4n) is 1.26. The third-order valence-electron chi connectivity index (χ3n) is 2.53. The monoisotopic (exact) mass is 339 g/mol. The van der Waals surface area contributed by atoms with Gasteiger partial charge < -0.3 is 0 Å². The first-order chi connectivity index (χ1) is 7.80. The summed E-state index contributed by atoms with van der Waals surface area (Å²) in [7, 11) is -1.90. The molecule has 0 saturated heterocycles. The summed E-state index contributed by atoms with van der Waals surface area (Å²) >= 11 is 8.98. The fourth-order valence-corrected chi connectivity index (χ4v) is 3.77. The molecule has 96 valence electrons. The highest BCUT2D eigenvalue weighted by molar-refractivity contribution is 9.10. The summed E-state index contributed by atoms with van der Waals surface area (Å²) in [5, 5.41) is 0. The van der Waals surface area contributed by atoms with Gasteiger partial charge in [-0.05, 0) is 47.5 Å². The summed E-state index contributed by atoms with van der Waals surface area (Å²) in [6, 6.07) is 5.02. The van der Waals surface area contributed by atoms with E-state index in [1.54, 1.807) is 25.2 Å². The van der Waals surface area contributed by atoms with Gasteiger partial charge in [-0.2, -0.15) is 4.31 Å². The Bertz CT molecular complexity index is 502. The number of rotatable bonds is 4. The van der Waals surface area contributed by atoms with Crippen LogP contribution in [0.2, 0.25) is 0 Å². The molecular formula is C11H15BrClNO2S. The van der Waals surface area contributed by atoms with Crippen LogP contribution in [0.1, 0.15) is 19.4 Å². The summed E-state index contributed by atoms with van der Waals surface area (Å²) in [5.74, 6) is 0.293. The van der Waals surface area contributed by atoms with E-state index in [0.29, 0.717) is 10.4 Å². The van der Waals surface area contributed by atoms with Gasteiger partial charge in [-0.1, -0.05) is 6.07 Å². The predicted molar refractivity (Wildman–Crippen MR) is 73.8 cm³/mol. The van der Waals surface area contributed by atoms with E-state index in [-0.39, 0.29) is 10.9 Å². The van der Waals surface area contributed by atoms with Crippen molar-refractivity contribution in [1.29, 1.82) is 0 Å². The van der Waals surface area contributed by atoms with Gasteiger partial charge >= 0.3 is 0 Å². The van der Waals surface area contributed by atoms with Crippen LogP contribution in [0.5, 0.6) is 0 Å². The number of benzene rings is 1. The summed E-state index contributed by atoms with van der Waals surface area (Å²) in [6.45, 7) is 3.66. The third kappa shape index (κ3) is 3.22. The molecule has 0 amide bonds. The SMILES string of the molecule is CC(C)N(C)S(=O)(=O)c1cc(CCl)ccc1Br. The van der Waals surface area contributed by atoms with Crippen LogP contribution in [0.15, 0.2) is 27.6 Å². The van der Waals surface area contributed by atoms with Crippen molar-refractivity contribution < 1.29 is 8.42 Å². The highest BCUT2D eigenvalue weighted by Crippen LogP contribution is 2.27. The Morgan fingerprint density at radius 2 is 2.00 bits per heavy atom. The Balaban J connectivity index is 3.32. The van der Waals surface area contributed by atoms with E-state index >= 15 is 0 Å². The number of hydrogen-bond donors (Lipinski definition) is 0. The molecule has 1 aromatic carbocycles. The van der Waals surface area contributed by atoms with Crippen LogP contribution in [0.4, 0.5) is 0 Å². The zero-order chi connectivity index (χ0) is 13.2. The molecule has 0 heterocycles. The maximum atomic E-state index is 12.3. The molecule has 0 aliphatic rings. The normalized spacial score (nSPS) is 12.4. The Hall–Kier alpha value is -0.100. The van der Waals surface area contributed by atoms with Crippen molar-refractivity contribution in [3.63, 3.8) is 0 Å². The molecule has 0 radical (unpaired) electrons. The molecular weight excluding hydrogens is 326 g/mol. The molecule has 0 saturated carbocycles. The number of halogens is 2. The maximum Gasteiger partial charge on any atom is 0.244 e. The second-order valence-corrected chi connectivity index (χ2v) is 7.10. The molecule has 0 aliphatic heterocycles. The first kappa shape index (κ1) is 15.0. The Labute approximate surface area is 116 Å². The zero-order valence-corrected chi connectivity index (χ0v) is 13.1. The van der Waals surface area contributed by atoms with E-state index < -0.39 is 10.0 Å². The van der Waals surface area contributed by atoms with Crippen LogP contribution in [0.3, 0.4) is 0 Å². The molecule has 17 heavy (non-hydrogen) atoms. The minimum atomic E-state index is -3.47. The maximum absolute atomic E-state index is 12.3. The molecule has 0 spiro atoms. The van der Waals surface area contributed by atoms with Gasteiger partial charge in [0.2, 0.25) is 10.0 Å². The molecule has 1 rings (SSSR count).